The number of nitrogens with one attached hydrogen (secondary N) is 1. The molecular weight excluding hydrogens is 394 g/mol. The minimum Gasteiger partial charge on any atom is -0.447 e. The Bertz CT molecular complexity index is 1100. The smallest absolute Gasteiger partial charge is 0.295 e. The summed E-state index contributed by atoms with van der Waals surface area (Å²) < 4.78 is 11.2. The first-order valence-corrected chi connectivity index (χ1v) is 10.2. The van der Waals surface area contributed by atoms with E-state index in [-0.39, 0.29) is 11.9 Å². The lowest BCUT2D eigenvalue weighted by atomic mass is 10.0. The van der Waals surface area contributed by atoms with Crippen LogP contribution < -0.4 is 5.32 Å². The Kier molecular flexibility index (Phi) is 5.97. The molecule has 0 bridgehead atoms. The standard InChI is InChI=1S/C23H25N5O3/c1-4-30-21(24-3)17-12-15(2)13-25-20(17)22(29)28-11-7-8-16(14-28)26-23-27-18-9-5-6-10-19(18)31-23/h4-6,9-10,12-13,16H,1,7-8,11,14H2,2-3H3,(H,26,27)/b24-21-/t16-/m1/s1. The van der Waals surface area contributed by atoms with Crippen LogP contribution in [0.2, 0.25) is 0 Å². The lowest BCUT2D eigenvalue weighted by Crippen LogP contribution is -2.45. The lowest BCUT2D eigenvalue weighted by molar-refractivity contribution is 0.0707. The number of benzene rings is 1. The molecule has 1 aliphatic heterocycles. The molecule has 1 aromatic carbocycles. The van der Waals surface area contributed by atoms with Gasteiger partial charge < -0.3 is 19.4 Å². The first-order chi connectivity index (χ1) is 15.1. The van der Waals surface area contributed by atoms with E-state index >= 15 is 0 Å². The number of carbonyl (C=O) groups excluding carboxylic acids is 1. The highest BCUT2D eigenvalue weighted by Gasteiger charge is 2.29. The highest BCUT2D eigenvalue weighted by Crippen LogP contribution is 2.22. The summed E-state index contributed by atoms with van der Waals surface area (Å²) in [6.07, 6.45) is 4.75. The fourth-order valence-corrected chi connectivity index (χ4v) is 3.76. The number of ether oxygens (including phenoxy) is 1. The van der Waals surface area contributed by atoms with Crippen molar-refractivity contribution in [3.63, 3.8) is 0 Å². The molecule has 0 saturated carbocycles. The summed E-state index contributed by atoms with van der Waals surface area (Å²) in [5.41, 5.74) is 3.32. The Morgan fingerprint density at radius 3 is 3.03 bits per heavy atom. The average Bonchev–Trinajstić information content (AvgIpc) is 3.19. The molecule has 1 fully saturated rings. The molecule has 8 heteroatoms. The van der Waals surface area contributed by atoms with E-state index in [0.29, 0.717) is 36.3 Å². The van der Waals surface area contributed by atoms with Crippen LogP contribution in [-0.4, -0.2) is 52.9 Å². The monoisotopic (exact) mass is 419 g/mol. The topological polar surface area (TPSA) is 92.9 Å². The maximum Gasteiger partial charge on any atom is 0.295 e. The molecule has 1 amide bonds. The number of aliphatic imine (C=N–C) groups is 1. The SMILES string of the molecule is C=CO/C(=N\C)c1cc(C)cnc1C(=O)N1CCC[C@@H](Nc2nc3ccccc3o2)C1. The van der Waals surface area contributed by atoms with Crippen molar-refractivity contribution in [2.24, 2.45) is 4.99 Å². The number of nitrogens with zero attached hydrogens (tertiary/aromatic N) is 4. The van der Waals surface area contributed by atoms with Gasteiger partial charge in [0.05, 0.1) is 11.8 Å². The number of likely N-dealkylation sites (tertiary alicyclic amines) is 1. The average molecular weight is 419 g/mol. The van der Waals surface area contributed by atoms with Gasteiger partial charge in [0.2, 0.25) is 5.90 Å². The summed E-state index contributed by atoms with van der Waals surface area (Å²) in [5, 5.41) is 3.33. The number of hydrogen-bond donors (Lipinski definition) is 1. The summed E-state index contributed by atoms with van der Waals surface area (Å²) >= 11 is 0. The highest BCUT2D eigenvalue weighted by atomic mass is 16.5. The van der Waals surface area contributed by atoms with E-state index in [1.54, 1.807) is 18.1 Å². The normalized spacial score (nSPS) is 16.9. The Hall–Kier alpha value is -3.68. The number of para-hydroxylation sites is 2. The number of piperidine rings is 1. The highest BCUT2D eigenvalue weighted by molar-refractivity contribution is 6.06. The van der Waals surface area contributed by atoms with Gasteiger partial charge in [-0.3, -0.25) is 9.79 Å². The number of aromatic nitrogens is 2. The van der Waals surface area contributed by atoms with Crippen molar-refractivity contribution in [1.82, 2.24) is 14.9 Å². The molecule has 1 saturated heterocycles. The summed E-state index contributed by atoms with van der Waals surface area (Å²) in [4.78, 5) is 28.2. The van der Waals surface area contributed by atoms with Gasteiger partial charge in [0.15, 0.2) is 5.58 Å². The third kappa shape index (κ3) is 4.42. The van der Waals surface area contributed by atoms with Gasteiger partial charge in [0, 0.05) is 32.4 Å². The van der Waals surface area contributed by atoms with E-state index in [2.05, 4.69) is 26.9 Å². The van der Waals surface area contributed by atoms with E-state index in [1.165, 1.54) is 6.26 Å². The van der Waals surface area contributed by atoms with E-state index < -0.39 is 0 Å². The molecule has 2 aromatic heterocycles. The zero-order valence-electron chi connectivity index (χ0n) is 17.7. The maximum atomic E-state index is 13.4. The second kappa shape index (κ2) is 8.99. The number of rotatable bonds is 5. The summed E-state index contributed by atoms with van der Waals surface area (Å²) in [7, 11) is 1.61. The van der Waals surface area contributed by atoms with Gasteiger partial charge in [-0.15, -0.1) is 0 Å². The fraction of sp³-hybridized carbons (Fsp3) is 0.304. The van der Waals surface area contributed by atoms with Crippen molar-refractivity contribution in [2.45, 2.75) is 25.8 Å². The molecule has 0 unspecified atom stereocenters. The number of fused-ring (bicyclic) bond motifs is 1. The van der Waals surface area contributed by atoms with Crippen LogP contribution in [0.25, 0.3) is 11.1 Å². The number of pyridine rings is 1. The van der Waals surface area contributed by atoms with Crippen molar-refractivity contribution in [2.75, 3.05) is 25.5 Å². The number of hydrogen-bond acceptors (Lipinski definition) is 7. The van der Waals surface area contributed by atoms with Crippen LogP contribution in [0.3, 0.4) is 0 Å². The first-order valence-electron chi connectivity index (χ1n) is 10.2. The summed E-state index contributed by atoms with van der Waals surface area (Å²) in [5.74, 6) is 0.153. The number of anilines is 1. The van der Waals surface area contributed by atoms with Gasteiger partial charge in [0.25, 0.3) is 11.9 Å². The van der Waals surface area contributed by atoms with Crippen LogP contribution in [0.5, 0.6) is 0 Å². The first kappa shape index (κ1) is 20.6. The Morgan fingerprint density at radius 1 is 1.42 bits per heavy atom. The quantitative estimate of drug-likeness (QED) is 0.384. The van der Waals surface area contributed by atoms with Crippen LogP contribution in [0, 0.1) is 6.92 Å². The lowest BCUT2D eigenvalue weighted by Gasteiger charge is -2.33. The molecule has 0 spiro atoms. The van der Waals surface area contributed by atoms with Crippen LogP contribution in [0.15, 0.2) is 58.8 Å². The minimum atomic E-state index is -0.159. The van der Waals surface area contributed by atoms with Crippen LogP contribution in [0.4, 0.5) is 6.01 Å². The second-order valence-electron chi connectivity index (χ2n) is 7.44. The number of amides is 1. The molecule has 1 N–H and O–H groups in total. The predicted molar refractivity (Wildman–Crippen MR) is 119 cm³/mol. The van der Waals surface area contributed by atoms with Gasteiger partial charge in [-0.25, -0.2) is 4.98 Å². The van der Waals surface area contributed by atoms with Gasteiger partial charge in [-0.05, 0) is 43.5 Å². The number of carbonyl (C=O) groups is 1. The van der Waals surface area contributed by atoms with Crippen molar-refractivity contribution < 1.29 is 13.9 Å². The van der Waals surface area contributed by atoms with E-state index in [0.717, 1.165) is 29.5 Å². The van der Waals surface area contributed by atoms with E-state index in [4.69, 9.17) is 9.15 Å². The number of aryl methyl sites for hydroxylation is 1. The maximum absolute atomic E-state index is 13.4. The minimum absolute atomic E-state index is 0.0309. The molecule has 0 radical (unpaired) electrons. The Balaban J connectivity index is 1.53. The van der Waals surface area contributed by atoms with Crippen molar-refractivity contribution in [3.05, 3.63) is 66.2 Å². The largest absolute Gasteiger partial charge is 0.447 e. The van der Waals surface area contributed by atoms with Crippen molar-refractivity contribution >= 4 is 28.9 Å². The second-order valence-corrected chi connectivity index (χ2v) is 7.44. The third-order valence-corrected chi connectivity index (χ3v) is 5.19. The molecule has 4 rings (SSSR count). The van der Waals surface area contributed by atoms with Crippen LogP contribution >= 0.6 is 0 Å². The van der Waals surface area contributed by atoms with Gasteiger partial charge in [0.1, 0.15) is 11.2 Å². The molecule has 8 nitrogen and oxygen atoms in total. The zero-order valence-corrected chi connectivity index (χ0v) is 17.7. The fourth-order valence-electron chi connectivity index (χ4n) is 3.76. The summed E-state index contributed by atoms with van der Waals surface area (Å²) in [6.45, 7) is 6.67. The van der Waals surface area contributed by atoms with Crippen LogP contribution in [-0.2, 0) is 4.74 Å². The molecular formula is C23H25N5O3. The van der Waals surface area contributed by atoms with Gasteiger partial charge >= 0.3 is 0 Å². The Morgan fingerprint density at radius 2 is 2.26 bits per heavy atom. The molecule has 3 aromatic rings. The van der Waals surface area contributed by atoms with E-state index in [1.807, 2.05) is 37.3 Å². The van der Waals surface area contributed by atoms with Crippen molar-refractivity contribution in [1.29, 1.82) is 0 Å². The third-order valence-electron chi connectivity index (χ3n) is 5.19. The molecule has 160 valence electrons. The molecule has 31 heavy (non-hydrogen) atoms. The molecule has 3 heterocycles. The molecule has 1 aliphatic rings. The zero-order chi connectivity index (χ0) is 21.8. The Labute approximate surface area is 180 Å². The number of oxazole rings is 1. The van der Waals surface area contributed by atoms with E-state index in [9.17, 15) is 4.79 Å². The summed E-state index contributed by atoms with van der Waals surface area (Å²) in [6, 6.07) is 9.97. The van der Waals surface area contributed by atoms with Crippen LogP contribution in [0.1, 0.15) is 34.5 Å². The van der Waals surface area contributed by atoms with Crippen molar-refractivity contribution in [3.8, 4) is 0 Å². The molecule has 1 atom stereocenters. The predicted octanol–water partition coefficient (Wildman–Crippen LogP) is 3.78. The van der Waals surface area contributed by atoms with Gasteiger partial charge in [-0.2, -0.15) is 4.98 Å². The molecule has 0 aliphatic carbocycles. The van der Waals surface area contributed by atoms with Gasteiger partial charge in [-0.1, -0.05) is 18.7 Å².